The van der Waals surface area contributed by atoms with E-state index in [0.717, 1.165) is 0 Å². The van der Waals surface area contributed by atoms with Crippen molar-refractivity contribution in [1.29, 1.82) is 0 Å². The summed E-state index contributed by atoms with van der Waals surface area (Å²) in [7, 11) is 1.57. The van der Waals surface area contributed by atoms with Crippen LogP contribution in [-0.2, 0) is 0 Å². The molecule has 0 fully saturated rings. The number of rotatable bonds is 6. The molecule has 108 valence electrons. The molecule has 0 heterocycles. The highest BCUT2D eigenvalue weighted by Crippen LogP contribution is 2.30. The molecular weight excluding hydrogens is 244 g/mol. The quantitative estimate of drug-likeness (QED) is 0.832. The largest absolute Gasteiger partial charge is 0.497 e. The van der Waals surface area contributed by atoms with Crippen LogP contribution in [0.15, 0.2) is 18.2 Å². The third-order valence-corrected chi connectivity index (χ3v) is 3.43. The monoisotopic (exact) mass is 268 g/mol. The van der Waals surface area contributed by atoms with E-state index < -0.39 is 11.7 Å². The fourth-order valence-electron chi connectivity index (χ4n) is 1.50. The lowest BCUT2D eigenvalue weighted by Crippen LogP contribution is -2.38. The van der Waals surface area contributed by atoms with E-state index in [2.05, 4.69) is 0 Å². The molecule has 2 N–H and O–H groups in total. The smallest absolute Gasteiger partial charge is 0.128 e. The van der Waals surface area contributed by atoms with E-state index in [1.54, 1.807) is 39.2 Å². The van der Waals surface area contributed by atoms with E-state index >= 15 is 0 Å². The fraction of sp³-hybridized carbons (Fsp3) is 0.600. The molecule has 1 rings (SSSR count). The van der Waals surface area contributed by atoms with Crippen LogP contribution in [0.25, 0.3) is 0 Å². The normalized spacial score (nSPS) is 16.0. The zero-order valence-corrected chi connectivity index (χ0v) is 12.3. The van der Waals surface area contributed by atoms with Crippen molar-refractivity contribution in [2.45, 2.75) is 39.4 Å². The van der Waals surface area contributed by atoms with Crippen molar-refractivity contribution in [3.63, 3.8) is 0 Å². The average Bonchev–Trinajstić information content (AvgIpc) is 2.35. The zero-order valence-electron chi connectivity index (χ0n) is 12.3. The molecule has 4 heteroatoms. The van der Waals surface area contributed by atoms with Gasteiger partial charge in [0.25, 0.3) is 0 Å². The molecule has 1 unspecified atom stereocenters. The van der Waals surface area contributed by atoms with Crippen LogP contribution in [0, 0.1) is 5.92 Å². The molecular formula is C15H24O4. The summed E-state index contributed by atoms with van der Waals surface area (Å²) in [6, 6.07) is 5.26. The SMILES string of the molecule is COc1ccc([C@H](C)O)c(OCC(C)(O)C(C)C)c1. The van der Waals surface area contributed by atoms with Crippen molar-refractivity contribution in [3.05, 3.63) is 23.8 Å². The molecule has 0 aliphatic rings. The number of aliphatic hydroxyl groups excluding tert-OH is 1. The second-order valence-electron chi connectivity index (χ2n) is 5.38. The van der Waals surface area contributed by atoms with Gasteiger partial charge in [-0.25, -0.2) is 0 Å². The molecule has 0 saturated heterocycles. The van der Waals surface area contributed by atoms with Gasteiger partial charge in [0.1, 0.15) is 18.1 Å². The van der Waals surface area contributed by atoms with Crippen molar-refractivity contribution in [3.8, 4) is 11.5 Å². The Balaban J connectivity index is 2.92. The summed E-state index contributed by atoms with van der Waals surface area (Å²) < 4.78 is 10.8. The minimum absolute atomic E-state index is 0.0770. The number of hydrogen-bond donors (Lipinski definition) is 2. The minimum atomic E-state index is -0.918. The Kier molecular flexibility index (Phi) is 5.20. The van der Waals surface area contributed by atoms with Crippen LogP contribution in [0.1, 0.15) is 39.4 Å². The Morgan fingerprint density at radius 3 is 2.37 bits per heavy atom. The van der Waals surface area contributed by atoms with E-state index in [1.807, 2.05) is 13.8 Å². The maximum atomic E-state index is 10.2. The van der Waals surface area contributed by atoms with Gasteiger partial charge in [-0.1, -0.05) is 13.8 Å². The summed E-state index contributed by atoms with van der Waals surface area (Å²) in [5.74, 6) is 1.27. The highest BCUT2D eigenvalue weighted by molar-refractivity contribution is 5.41. The highest BCUT2D eigenvalue weighted by Gasteiger charge is 2.26. The van der Waals surface area contributed by atoms with Gasteiger partial charge < -0.3 is 19.7 Å². The highest BCUT2D eigenvalue weighted by atomic mass is 16.5. The topological polar surface area (TPSA) is 58.9 Å². The van der Waals surface area contributed by atoms with E-state index in [4.69, 9.17) is 9.47 Å². The number of hydrogen-bond acceptors (Lipinski definition) is 4. The lowest BCUT2D eigenvalue weighted by Gasteiger charge is -2.28. The second-order valence-corrected chi connectivity index (χ2v) is 5.38. The van der Waals surface area contributed by atoms with Crippen molar-refractivity contribution in [2.75, 3.05) is 13.7 Å². The van der Waals surface area contributed by atoms with Gasteiger partial charge in [0, 0.05) is 11.6 Å². The van der Waals surface area contributed by atoms with Crippen LogP contribution in [0.4, 0.5) is 0 Å². The Morgan fingerprint density at radius 1 is 1.26 bits per heavy atom. The van der Waals surface area contributed by atoms with E-state index in [9.17, 15) is 10.2 Å². The van der Waals surface area contributed by atoms with Crippen LogP contribution in [0.5, 0.6) is 11.5 Å². The molecule has 0 aliphatic heterocycles. The van der Waals surface area contributed by atoms with Gasteiger partial charge in [0.15, 0.2) is 0 Å². The average molecular weight is 268 g/mol. The van der Waals surface area contributed by atoms with Crippen LogP contribution in [-0.4, -0.2) is 29.5 Å². The molecule has 0 aliphatic carbocycles. The first kappa shape index (κ1) is 15.8. The van der Waals surface area contributed by atoms with Gasteiger partial charge >= 0.3 is 0 Å². The summed E-state index contributed by atoms with van der Waals surface area (Å²) in [5, 5.41) is 19.9. The summed E-state index contributed by atoms with van der Waals surface area (Å²) in [6.07, 6.45) is -0.634. The molecule has 0 bridgehead atoms. The first-order chi connectivity index (χ1) is 8.77. The molecule has 0 spiro atoms. The van der Waals surface area contributed by atoms with Gasteiger partial charge in [-0.2, -0.15) is 0 Å². The summed E-state index contributed by atoms with van der Waals surface area (Å²) in [4.78, 5) is 0. The van der Waals surface area contributed by atoms with Crippen LogP contribution < -0.4 is 9.47 Å². The maximum absolute atomic E-state index is 10.2. The van der Waals surface area contributed by atoms with Crippen LogP contribution in [0.2, 0.25) is 0 Å². The molecule has 0 radical (unpaired) electrons. The molecule has 1 aromatic carbocycles. The van der Waals surface area contributed by atoms with E-state index in [-0.39, 0.29) is 12.5 Å². The molecule has 0 saturated carbocycles. The standard InChI is InChI=1S/C15H24O4/c1-10(2)15(4,17)9-19-14-8-12(18-5)6-7-13(14)11(3)16/h6-8,10-11,16-17H,9H2,1-5H3/t11-,15?/m0/s1. The second kappa shape index (κ2) is 6.26. The molecule has 1 aromatic rings. The van der Waals surface area contributed by atoms with Crippen molar-refractivity contribution in [1.82, 2.24) is 0 Å². The van der Waals surface area contributed by atoms with Crippen molar-refractivity contribution in [2.24, 2.45) is 5.92 Å². The number of benzene rings is 1. The minimum Gasteiger partial charge on any atom is -0.497 e. The molecule has 0 amide bonds. The van der Waals surface area contributed by atoms with Crippen LogP contribution in [0.3, 0.4) is 0 Å². The molecule has 0 aromatic heterocycles. The first-order valence-corrected chi connectivity index (χ1v) is 6.49. The lowest BCUT2D eigenvalue weighted by atomic mass is 9.94. The van der Waals surface area contributed by atoms with Gasteiger partial charge in [0.05, 0.1) is 18.8 Å². The summed E-state index contributed by atoms with van der Waals surface area (Å²) in [5.41, 5.74) is -0.237. The Bertz CT molecular complexity index is 411. The van der Waals surface area contributed by atoms with Crippen molar-refractivity contribution < 1.29 is 19.7 Å². The Morgan fingerprint density at radius 2 is 1.89 bits per heavy atom. The Labute approximate surface area is 115 Å². The van der Waals surface area contributed by atoms with E-state index in [0.29, 0.717) is 17.1 Å². The number of aliphatic hydroxyl groups is 2. The van der Waals surface area contributed by atoms with Crippen molar-refractivity contribution >= 4 is 0 Å². The summed E-state index contributed by atoms with van der Waals surface area (Å²) in [6.45, 7) is 7.45. The number of methoxy groups -OCH3 is 1. The van der Waals surface area contributed by atoms with Gasteiger partial charge in [-0.15, -0.1) is 0 Å². The van der Waals surface area contributed by atoms with Gasteiger partial charge in [-0.3, -0.25) is 0 Å². The summed E-state index contributed by atoms with van der Waals surface area (Å²) >= 11 is 0. The first-order valence-electron chi connectivity index (χ1n) is 6.49. The van der Waals surface area contributed by atoms with Gasteiger partial charge in [-0.05, 0) is 31.9 Å². The maximum Gasteiger partial charge on any atom is 0.128 e. The predicted octanol–water partition coefficient (Wildman–Crippen LogP) is 2.53. The van der Waals surface area contributed by atoms with Gasteiger partial charge in [0.2, 0.25) is 0 Å². The third-order valence-electron chi connectivity index (χ3n) is 3.43. The van der Waals surface area contributed by atoms with Crippen LogP contribution >= 0.6 is 0 Å². The van der Waals surface area contributed by atoms with E-state index in [1.165, 1.54) is 0 Å². The fourth-order valence-corrected chi connectivity index (χ4v) is 1.50. The molecule has 4 nitrogen and oxygen atoms in total. The predicted molar refractivity (Wildman–Crippen MR) is 74.6 cm³/mol. The molecule has 2 atom stereocenters. The lowest BCUT2D eigenvalue weighted by molar-refractivity contribution is -0.0273. The zero-order chi connectivity index (χ0) is 14.6. The third kappa shape index (κ3) is 4.11. The Hall–Kier alpha value is -1.26. The molecule has 19 heavy (non-hydrogen) atoms. The number of ether oxygens (including phenoxy) is 2.